The van der Waals surface area contributed by atoms with Gasteiger partial charge in [-0.05, 0) is 36.6 Å². The van der Waals surface area contributed by atoms with Gasteiger partial charge in [-0.15, -0.1) is 0 Å². The van der Waals surface area contributed by atoms with Crippen LogP contribution in [0.4, 0.5) is 26.3 Å². The summed E-state index contributed by atoms with van der Waals surface area (Å²) in [7, 11) is 0. The van der Waals surface area contributed by atoms with Crippen molar-refractivity contribution in [2.75, 3.05) is 13.1 Å². The first-order valence-corrected chi connectivity index (χ1v) is 15.6. The molecule has 0 saturated carbocycles. The maximum atomic E-state index is 12.9. The van der Waals surface area contributed by atoms with E-state index < -0.39 is 37.1 Å². The molecule has 2 aliphatic heterocycles. The summed E-state index contributed by atoms with van der Waals surface area (Å²) in [4.78, 5) is 41.4. The Morgan fingerprint density at radius 1 is 0.640 bits per heavy atom. The smallest absolute Gasteiger partial charge is 0.392 e. The highest BCUT2D eigenvalue weighted by molar-refractivity contribution is 5.78. The average molecular weight is 703 g/mol. The molecule has 0 radical (unpaired) electrons. The van der Waals surface area contributed by atoms with Crippen molar-refractivity contribution in [3.8, 4) is 22.5 Å². The van der Waals surface area contributed by atoms with Crippen LogP contribution in [-0.4, -0.2) is 64.9 Å². The van der Waals surface area contributed by atoms with E-state index in [0.29, 0.717) is 49.3 Å². The molecular formula is C34H32F6N6O4. The topological polar surface area (TPSA) is 133 Å². The number of pyridine rings is 2. The van der Waals surface area contributed by atoms with Crippen molar-refractivity contribution >= 4 is 11.8 Å². The second-order valence-corrected chi connectivity index (χ2v) is 11.7. The second-order valence-electron chi connectivity index (χ2n) is 11.7. The van der Waals surface area contributed by atoms with Gasteiger partial charge in [0.05, 0.1) is 36.8 Å². The molecule has 2 saturated heterocycles. The molecule has 0 spiro atoms. The van der Waals surface area contributed by atoms with Crippen molar-refractivity contribution in [1.29, 1.82) is 0 Å². The maximum absolute atomic E-state index is 12.9. The van der Waals surface area contributed by atoms with E-state index in [4.69, 9.17) is 0 Å². The third-order valence-electron chi connectivity index (χ3n) is 8.12. The zero-order valence-electron chi connectivity index (χ0n) is 26.5. The molecule has 264 valence electrons. The van der Waals surface area contributed by atoms with Crippen molar-refractivity contribution in [1.82, 2.24) is 29.7 Å². The second kappa shape index (κ2) is 15.3. The lowest BCUT2D eigenvalue weighted by atomic mass is 10.0. The molecule has 50 heavy (non-hydrogen) atoms. The van der Waals surface area contributed by atoms with Crippen LogP contribution < -0.4 is 0 Å². The molecule has 10 nitrogen and oxygen atoms in total. The predicted molar refractivity (Wildman–Crippen MR) is 166 cm³/mol. The summed E-state index contributed by atoms with van der Waals surface area (Å²) in [5.74, 6) is -1.06. The summed E-state index contributed by atoms with van der Waals surface area (Å²) < 4.78 is 77.1. The number of halogens is 6. The van der Waals surface area contributed by atoms with Crippen LogP contribution in [0.15, 0.2) is 60.9 Å². The van der Waals surface area contributed by atoms with Crippen molar-refractivity contribution in [2.45, 2.75) is 64.3 Å². The van der Waals surface area contributed by atoms with Crippen LogP contribution in [0.3, 0.4) is 0 Å². The van der Waals surface area contributed by atoms with Gasteiger partial charge in [0.1, 0.15) is 5.69 Å². The number of benzene rings is 1. The summed E-state index contributed by atoms with van der Waals surface area (Å²) in [6, 6.07) is 12.1. The fourth-order valence-corrected chi connectivity index (χ4v) is 5.52. The number of carbonyl (C=O) groups is 2. The monoisotopic (exact) mass is 702 g/mol. The van der Waals surface area contributed by atoms with E-state index in [1.54, 1.807) is 46.2 Å². The number of nitrogens with zero attached hydrogens (tertiary/aromatic N) is 6. The number of aliphatic hydroxyl groups is 2. The highest BCUT2D eigenvalue weighted by Gasteiger charge is 2.35. The zero-order valence-corrected chi connectivity index (χ0v) is 26.5. The van der Waals surface area contributed by atoms with Crippen LogP contribution in [-0.2, 0) is 48.2 Å². The van der Waals surface area contributed by atoms with Crippen molar-refractivity contribution in [2.24, 2.45) is 0 Å². The highest BCUT2D eigenvalue weighted by Crippen LogP contribution is 2.32. The van der Waals surface area contributed by atoms with Gasteiger partial charge in [-0.25, -0.2) is 15.0 Å². The van der Waals surface area contributed by atoms with Gasteiger partial charge in [-0.1, -0.05) is 30.3 Å². The fourth-order valence-electron chi connectivity index (χ4n) is 5.52. The summed E-state index contributed by atoms with van der Waals surface area (Å²) in [5.41, 5.74) is 1.95. The molecule has 0 atom stereocenters. The van der Waals surface area contributed by atoms with E-state index in [1.807, 2.05) is 0 Å². The Balaban J connectivity index is 0.000000194. The van der Waals surface area contributed by atoms with E-state index in [2.05, 4.69) is 19.9 Å². The average Bonchev–Trinajstić information content (AvgIpc) is 3.70. The first-order chi connectivity index (χ1) is 23.8. The van der Waals surface area contributed by atoms with Crippen molar-refractivity contribution in [3.63, 3.8) is 0 Å². The lowest BCUT2D eigenvalue weighted by molar-refractivity contribution is -0.145. The molecule has 4 aromatic rings. The fraction of sp³-hybridized carbons (Fsp3) is 0.353. The number of aliphatic hydroxyl groups excluding tert-OH is 2. The third-order valence-corrected chi connectivity index (χ3v) is 8.12. The van der Waals surface area contributed by atoms with E-state index in [0.717, 1.165) is 37.2 Å². The van der Waals surface area contributed by atoms with Crippen LogP contribution >= 0.6 is 0 Å². The predicted octanol–water partition coefficient (Wildman–Crippen LogP) is 5.55. The molecule has 2 aliphatic rings. The van der Waals surface area contributed by atoms with E-state index in [9.17, 15) is 46.1 Å². The van der Waals surface area contributed by atoms with Crippen LogP contribution in [0, 0.1) is 0 Å². The Morgan fingerprint density at radius 3 is 1.76 bits per heavy atom. The highest BCUT2D eigenvalue weighted by atomic mass is 19.4. The van der Waals surface area contributed by atoms with Crippen LogP contribution in [0.5, 0.6) is 0 Å². The van der Waals surface area contributed by atoms with Gasteiger partial charge in [0.15, 0.2) is 0 Å². The number of aromatic nitrogens is 4. The van der Waals surface area contributed by atoms with Crippen LogP contribution in [0.25, 0.3) is 22.5 Å². The molecule has 0 bridgehead atoms. The summed E-state index contributed by atoms with van der Waals surface area (Å²) in [5, 5.41) is 18.7. The van der Waals surface area contributed by atoms with Crippen LogP contribution in [0.1, 0.15) is 59.6 Å². The molecule has 2 amide bonds. The summed E-state index contributed by atoms with van der Waals surface area (Å²) >= 11 is 0. The Bertz CT molecular complexity index is 1680. The number of hydrogen-bond acceptors (Lipinski definition) is 8. The van der Waals surface area contributed by atoms with Gasteiger partial charge in [0, 0.05) is 67.1 Å². The minimum Gasteiger partial charge on any atom is -0.392 e. The molecule has 2 N–H and O–H groups in total. The summed E-state index contributed by atoms with van der Waals surface area (Å²) in [6.07, 6.45) is -4.06. The van der Waals surface area contributed by atoms with Gasteiger partial charge in [-0.3, -0.25) is 14.6 Å². The van der Waals surface area contributed by atoms with Gasteiger partial charge in [0.25, 0.3) is 0 Å². The van der Waals surface area contributed by atoms with Crippen molar-refractivity contribution < 1.29 is 46.1 Å². The van der Waals surface area contributed by atoms with Crippen molar-refractivity contribution in [3.05, 3.63) is 94.8 Å². The lowest BCUT2D eigenvalue weighted by Gasteiger charge is -2.16. The first kappa shape index (κ1) is 36.3. The largest absolute Gasteiger partial charge is 0.451 e. The molecule has 5 heterocycles. The summed E-state index contributed by atoms with van der Waals surface area (Å²) in [6.45, 7) is 1.37. The van der Waals surface area contributed by atoms with E-state index in [-0.39, 0.29) is 34.3 Å². The molecule has 2 fully saturated rings. The number of amides is 2. The SMILES string of the molecule is O=C1CCCN1Cc1ccc(-c2nc(C(F)(F)F)ccc2CO)cn1.O=C1CCCN1Cc1ccc(-c2nc(C(F)(F)F)ncc2CO)cc1. The Morgan fingerprint density at radius 2 is 1.24 bits per heavy atom. The quantitative estimate of drug-likeness (QED) is 0.229. The standard InChI is InChI=1S/2C17H16F3N3O2/c18-17(19,20)14-6-4-12(10-24)16(22-14)11-3-5-13(21-8-11)9-23-7-1-2-15(23)25;18-17(19,20)16-21-8-13(10-24)15(22-16)12-5-3-11(4-6-12)9-23-7-1-2-14(23)25/h2*3-6,8,24H,1-2,7,9-10H2. The number of hydrogen-bond donors (Lipinski definition) is 2. The van der Waals surface area contributed by atoms with Gasteiger partial charge >= 0.3 is 12.4 Å². The molecular weight excluding hydrogens is 670 g/mol. The van der Waals surface area contributed by atoms with Gasteiger partial charge in [-0.2, -0.15) is 26.3 Å². The number of alkyl halides is 6. The van der Waals surface area contributed by atoms with Gasteiger partial charge in [0.2, 0.25) is 17.6 Å². The molecule has 1 aromatic carbocycles. The lowest BCUT2D eigenvalue weighted by Crippen LogP contribution is -2.24. The molecule has 16 heteroatoms. The normalized spacial score (nSPS) is 15.0. The first-order valence-electron chi connectivity index (χ1n) is 15.6. The Kier molecular flexibility index (Phi) is 11.1. The number of rotatable bonds is 8. The minimum absolute atomic E-state index is 0.0497. The molecule has 3 aromatic heterocycles. The molecule has 6 rings (SSSR count). The Labute approximate surface area is 282 Å². The van der Waals surface area contributed by atoms with E-state index >= 15 is 0 Å². The Hall–Kier alpha value is -4.96. The maximum Gasteiger partial charge on any atom is 0.451 e. The zero-order chi connectivity index (χ0) is 36.1. The van der Waals surface area contributed by atoms with Crippen LogP contribution in [0.2, 0.25) is 0 Å². The van der Waals surface area contributed by atoms with Gasteiger partial charge < -0.3 is 20.0 Å². The molecule has 0 aliphatic carbocycles. The number of carbonyl (C=O) groups excluding carboxylic acids is 2. The van der Waals surface area contributed by atoms with E-state index in [1.165, 1.54) is 12.3 Å². The number of likely N-dealkylation sites (tertiary alicyclic amines) is 2. The molecule has 0 unspecified atom stereocenters. The minimum atomic E-state index is -4.65. The third kappa shape index (κ3) is 8.79.